The van der Waals surface area contributed by atoms with Gasteiger partial charge in [-0.1, -0.05) is 45.9 Å². The monoisotopic (exact) mass is 208 g/mol. The van der Waals surface area contributed by atoms with Gasteiger partial charge in [0.15, 0.2) is 0 Å². The van der Waals surface area contributed by atoms with Gasteiger partial charge in [-0.15, -0.1) is 6.58 Å². The zero-order valence-corrected chi connectivity index (χ0v) is 11.0. The van der Waals surface area contributed by atoms with E-state index in [1.807, 2.05) is 0 Å². The molecule has 0 spiro atoms. The van der Waals surface area contributed by atoms with E-state index in [2.05, 4.69) is 52.5 Å². The normalized spacial score (nSPS) is 15.8. The van der Waals surface area contributed by atoms with Crippen molar-refractivity contribution in [2.45, 2.75) is 53.4 Å². The van der Waals surface area contributed by atoms with Crippen molar-refractivity contribution in [3.63, 3.8) is 0 Å². The summed E-state index contributed by atoms with van der Waals surface area (Å²) in [5.74, 6) is 2.30. The highest BCUT2D eigenvalue weighted by Crippen LogP contribution is 2.23. The molecular weight excluding hydrogens is 180 g/mol. The fraction of sp³-hybridized carbons (Fsp3) is 0.733. The minimum atomic E-state index is 0.698. The average Bonchev–Trinajstić information content (AvgIpc) is 2.22. The van der Waals surface area contributed by atoms with Gasteiger partial charge in [-0.05, 0) is 43.4 Å². The molecule has 0 aliphatic rings. The highest BCUT2D eigenvalue weighted by molar-refractivity contribution is 4.86. The third-order valence-electron chi connectivity index (χ3n) is 3.25. The summed E-state index contributed by atoms with van der Waals surface area (Å²) in [6.07, 6.45) is 11.6. The second kappa shape index (κ2) is 8.76. The van der Waals surface area contributed by atoms with E-state index in [4.69, 9.17) is 0 Å². The van der Waals surface area contributed by atoms with Crippen LogP contribution in [-0.2, 0) is 0 Å². The van der Waals surface area contributed by atoms with E-state index in [1.54, 1.807) is 0 Å². The first-order chi connectivity index (χ1) is 7.11. The fourth-order valence-electron chi connectivity index (χ4n) is 1.68. The van der Waals surface area contributed by atoms with Crippen LogP contribution in [0, 0.1) is 17.8 Å². The summed E-state index contributed by atoms with van der Waals surface area (Å²) >= 11 is 0. The van der Waals surface area contributed by atoms with Gasteiger partial charge in [-0.25, -0.2) is 0 Å². The molecule has 0 heterocycles. The second-order valence-electron chi connectivity index (χ2n) is 4.91. The summed E-state index contributed by atoms with van der Waals surface area (Å²) in [7, 11) is 0. The minimum absolute atomic E-state index is 0.698. The predicted molar refractivity (Wildman–Crippen MR) is 71.0 cm³/mol. The zero-order valence-electron chi connectivity index (χ0n) is 11.0. The Morgan fingerprint density at radius 3 is 2.27 bits per heavy atom. The number of rotatable bonds is 8. The van der Waals surface area contributed by atoms with Gasteiger partial charge in [0, 0.05) is 0 Å². The van der Waals surface area contributed by atoms with E-state index in [9.17, 15) is 0 Å². The summed E-state index contributed by atoms with van der Waals surface area (Å²) in [5, 5.41) is 0. The lowest BCUT2D eigenvalue weighted by Crippen LogP contribution is -2.09. The highest BCUT2D eigenvalue weighted by atomic mass is 14.2. The molecule has 0 saturated carbocycles. The van der Waals surface area contributed by atoms with Crippen LogP contribution in [-0.4, -0.2) is 0 Å². The van der Waals surface area contributed by atoms with E-state index in [0.29, 0.717) is 5.92 Å². The van der Waals surface area contributed by atoms with Crippen molar-refractivity contribution >= 4 is 0 Å². The number of hydrogen-bond acceptors (Lipinski definition) is 0. The molecule has 0 N–H and O–H groups in total. The van der Waals surface area contributed by atoms with Gasteiger partial charge >= 0.3 is 0 Å². The molecule has 0 amide bonds. The lowest BCUT2D eigenvalue weighted by molar-refractivity contribution is 0.341. The second-order valence-corrected chi connectivity index (χ2v) is 4.91. The van der Waals surface area contributed by atoms with E-state index in [-0.39, 0.29) is 0 Å². The molecule has 0 heteroatoms. The molecule has 0 aliphatic carbocycles. The third kappa shape index (κ3) is 7.41. The Hall–Kier alpha value is -0.520. The van der Waals surface area contributed by atoms with Crippen LogP contribution in [0.2, 0.25) is 0 Å². The SMILES string of the molecule is C=CC(CC/C=C/CC)CC(C)C(C)C. The van der Waals surface area contributed by atoms with Crippen LogP contribution in [0.3, 0.4) is 0 Å². The Morgan fingerprint density at radius 1 is 1.13 bits per heavy atom. The standard InChI is InChI=1S/C15H28/c1-6-8-9-10-11-15(7-2)12-14(5)13(3)4/h7-9,13-15H,2,6,10-12H2,1,3-5H3/b9-8+. The smallest absolute Gasteiger partial charge is 0.0231 e. The van der Waals surface area contributed by atoms with Gasteiger partial charge in [-0.3, -0.25) is 0 Å². The first-order valence-corrected chi connectivity index (χ1v) is 6.39. The van der Waals surface area contributed by atoms with Gasteiger partial charge in [0.05, 0.1) is 0 Å². The molecule has 0 radical (unpaired) electrons. The van der Waals surface area contributed by atoms with Crippen LogP contribution < -0.4 is 0 Å². The Morgan fingerprint density at radius 2 is 1.80 bits per heavy atom. The molecule has 0 bridgehead atoms. The van der Waals surface area contributed by atoms with Crippen molar-refractivity contribution in [3.05, 3.63) is 24.8 Å². The van der Waals surface area contributed by atoms with E-state index < -0.39 is 0 Å². The zero-order chi connectivity index (χ0) is 11.7. The van der Waals surface area contributed by atoms with Gasteiger partial charge < -0.3 is 0 Å². The van der Waals surface area contributed by atoms with Crippen molar-refractivity contribution in [2.24, 2.45) is 17.8 Å². The molecule has 15 heavy (non-hydrogen) atoms. The molecule has 0 fully saturated rings. The average molecular weight is 208 g/mol. The molecule has 0 saturated heterocycles. The van der Waals surface area contributed by atoms with E-state index in [1.165, 1.54) is 19.3 Å². The topological polar surface area (TPSA) is 0 Å². The molecule has 0 aromatic carbocycles. The Labute approximate surface area is 96.5 Å². The van der Waals surface area contributed by atoms with E-state index in [0.717, 1.165) is 18.3 Å². The molecule has 2 unspecified atom stereocenters. The maximum Gasteiger partial charge on any atom is -0.0231 e. The molecule has 0 aromatic heterocycles. The number of allylic oxidation sites excluding steroid dienone is 3. The van der Waals surface area contributed by atoms with Crippen LogP contribution in [0.15, 0.2) is 24.8 Å². The van der Waals surface area contributed by atoms with Crippen molar-refractivity contribution in [1.29, 1.82) is 0 Å². The quantitative estimate of drug-likeness (QED) is 0.480. The van der Waals surface area contributed by atoms with Gasteiger partial charge in [0.25, 0.3) is 0 Å². The molecular formula is C15H28. The predicted octanol–water partition coefficient (Wildman–Crippen LogP) is 5.22. The van der Waals surface area contributed by atoms with E-state index >= 15 is 0 Å². The Bertz CT molecular complexity index is 176. The van der Waals surface area contributed by atoms with Gasteiger partial charge in [0.1, 0.15) is 0 Å². The fourth-order valence-corrected chi connectivity index (χ4v) is 1.68. The van der Waals surface area contributed by atoms with Crippen molar-refractivity contribution in [3.8, 4) is 0 Å². The van der Waals surface area contributed by atoms with Crippen LogP contribution >= 0.6 is 0 Å². The lowest BCUT2D eigenvalue weighted by atomic mass is 9.86. The van der Waals surface area contributed by atoms with Crippen LogP contribution in [0.25, 0.3) is 0 Å². The minimum Gasteiger partial charge on any atom is -0.103 e. The first-order valence-electron chi connectivity index (χ1n) is 6.39. The maximum absolute atomic E-state index is 3.95. The maximum atomic E-state index is 3.95. The lowest BCUT2D eigenvalue weighted by Gasteiger charge is -2.20. The summed E-state index contributed by atoms with van der Waals surface area (Å²) in [4.78, 5) is 0. The van der Waals surface area contributed by atoms with Crippen LogP contribution in [0.4, 0.5) is 0 Å². The van der Waals surface area contributed by atoms with Crippen molar-refractivity contribution in [1.82, 2.24) is 0 Å². The molecule has 2 atom stereocenters. The van der Waals surface area contributed by atoms with Crippen molar-refractivity contribution in [2.75, 3.05) is 0 Å². The third-order valence-corrected chi connectivity index (χ3v) is 3.25. The molecule has 0 aromatic rings. The summed E-state index contributed by atoms with van der Waals surface area (Å²) in [6, 6.07) is 0. The van der Waals surface area contributed by atoms with Crippen molar-refractivity contribution < 1.29 is 0 Å². The largest absolute Gasteiger partial charge is 0.103 e. The number of hydrogen-bond donors (Lipinski definition) is 0. The Balaban J connectivity index is 3.82. The summed E-state index contributed by atoms with van der Waals surface area (Å²) < 4.78 is 0. The van der Waals surface area contributed by atoms with Gasteiger partial charge in [0.2, 0.25) is 0 Å². The highest BCUT2D eigenvalue weighted by Gasteiger charge is 2.12. The summed E-state index contributed by atoms with van der Waals surface area (Å²) in [5.41, 5.74) is 0. The Kier molecular flexibility index (Phi) is 8.46. The molecule has 88 valence electrons. The van der Waals surface area contributed by atoms with Crippen LogP contribution in [0.1, 0.15) is 53.4 Å². The summed E-state index contributed by atoms with van der Waals surface area (Å²) in [6.45, 7) is 13.1. The van der Waals surface area contributed by atoms with Gasteiger partial charge in [-0.2, -0.15) is 0 Å². The molecule has 0 rings (SSSR count). The van der Waals surface area contributed by atoms with Crippen LogP contribution in [0.5, 0.6) is 0 Å². The molecule has 0 nitrogen and oxygen atoms in total. The first kappa shape index (κ1) is 14.5. The molecule has 0 aliphatic heterocycles.